The molecule has 0 aromatic heterocycles. The largest absolute Gasteiger partial charge is 0.494 e. The van der Waals surface area contributed by atoms with E-state index in [4.69, 9.17) is 9.47 Å². The molecular formula is C41H54O3. The first kappa shape index (κ1) is 34.9. The smallest absolute Gasteiger partial charge is 0.185 e. The fourth-order valence-electron chi connectivity index (χ4n) is 5.30. The summed E-state index contributed by atoms with van der Waals surface area (Å²) in [5.74, 6) is 1.87. The van der Waals surface area contributed by atoms with E-state index < -0.39 is 0 Å². The fraction of sp³-hybridized carbons (Fsp3) is 0.439. The van der Waals surface area contributed by atoms with Gasteiger partial charge in [-0.25, -0.2) is 0 Å². The number of hydrogen-bond acceptors (Lipinski definition) is 3. The molecule has 0 amide bonds. The molecule has 0 aliphatic carbocycles. The molecule has 3 nitrogen and oxygen atoms in total. The average molecular weight is 595 g/mol. The standard InChI is InChI=1S/C41H54O3/c1-2-36-24-29-39(30-25-36)43-34-20-15-13-11-9-7-5-3-4-6-8-10-12-14-16-21-35-44-40-31-26-37(27-32-40)28-33-41(42)38-22-18-17-19-23-38/h2,17-19,22-33H,1,3-16,20-21,34-35H2. The second kappa shape index (κ2) is 22.9. The number of benzene rings is 3. The lowest BCUT2D eigenvalue weighted by atomic mass is 10.0. The summed E-state index contributed by atoms with van der Waals surface area (Å²) in [6.45, 7) is 5.37. The number of carbonyl (C=O) groups excluding carboxylic acids is 1. The van der Waals surface area contributed by atoms with Gasteiger partial charge in [0.1, 0.15) is 11.5 Å². The highest BCUT2D eigenvalue weighted by Crippen LogP contribution is 2.17. The molecule has 0 unspecified atom stereocenters. The minimum Gasteiger partial charge on any atom is -0.494 e. The third kappa shape index (κ3) is 15.8. The Hall–Kier alpha value is -3.59. The normalized spacial score (nSPS) is 11.1. The number of rotatable bonds is 25. The minimum atomic E-state index is 0.0178. The van der Waals surface area contributed by atoms with Crippen molar-refractivity contribution in [2.24, 2.45) is 0 Å². The summed E-state index contributed by atoms with van der Waals surface area (Å²) < 4.78 is 11.7. The lowest BCUT2D eigenvalue weighted by Gasteiger charge is -2.07. The predicted molar refractivity (Wildman–Crippen MR) is 188 cm³/mol. The van der Waals surface area contributed by atoms with Crippen LogP contribution in [0.25, 0.3) is 12.2 Å². The summed E-state index contributed by atoms with van der Waals surface area (Å²) in [7, 11) is 0. The van der Waals surface area contributed by atoms with Gasteiger partial charge in [-0.2, -0.15) is 0 Å². The van der Waals surface area contributed by atoms with E-state index in [1.165, 1.54) is 89.9 Å². The first-order valence-electron chi connectivity index (χ1n) is 17.1. The van der Waals surface area contributed by atoms with Gasteiger partial charge in [0.05, 0.1) is 13.2 Å². The molecule has 0 saturated carbocycles. The van der Waals surface area contributed by atoms with Crippen LogP contribution in [0.2, 0.25) is 0 Å². The molecular weight excluding hydrogens is 540 g/mol. The lowest BCUT2D eigenvalue weighted by Crippen LogP contribution is -1.97. The van der Waals surface area contributed by atoms with Crippen molar-refractivity contribution in [3.63, 3.8) is 0 Å². The molecule has 236 valence electrons. The monoisotopic (exact) mass is 594 g/mol. The molecule has 0 spiro atoms. The highest BCUT2D eigenvalue weighted by atomic mass is 16.5. The number of ketones is 1. The summed E-state index contributed by atoms with van der Waals surface area (Å²) in [6.07, 6.45) is 26.5. The average Bonchev–Trinajstić information content (AvgIpc) is 3.07. The van der Waals surface area contributed by atoms with Crippen molar-refractivity contribution in [1.82, 2.24) is 0 Å². The van der Waals surface area contributed by atoms with Crippen molar-refractivity contribution in [2.45, 2.75) is 103 Å². The van der Waals surface area contributed by atoms with E-state index in [0.29, 0.717) is 5.56 Å². The topological polar surface area (TPSA) is 35.5 Å². The van der Waals surface area contributed by atoms with Crippen LogP contribution in [0.15, 0.2) is 91.5 Å². The Morgan fingerprint density at radius 3 is 1.30 bits per heavy atom. The summed E-state index contributed by atoms with van der Waals surface area (Å²) in [5.41, 5.74) is 2.84. The lowest BCUT2D eigenvalue weighted by molar-refractivity contribution is 0.104. The van der Waals surface area contributed by atoms with Gasteiger partial charge in [-0.3, -0.25) is 4.79 Å². The molecule has 0 fully saturated rings. The Kier molecular flexibility index (Phi) is 18.1. The summed E-state index contributed by atoms with van der Waals surface area (Å²) in [5, 5.41) is 0. The maximum Gasteiger partial charge on any atom is 0.185 e. The first-order valence-corrected chi connectivity index (χ1v) is 17.1. The van der Waals surface area contributed by atoms with Crippen LogP contribution in [0, 0.1) is 0 Å². The van der Waals surface area contributed by atoms with E-state index in [1.807, 2.05) is 91.0 Å². The summed E-state index contributed by atoms with van der Waals surface area (Å²) in [6, 6.07) is 25.4. The van der Waals surface area contributed by atoms with Gasteiger partial charge in [0.25, 0.3) is 0 Å². The highest BCUT2D eigenvalue weighted by Gasteiger charge is 2.01. The second-order valence-electron chi connectivity index (χ2n) is 11.8. The zero-order chi connectivity index (χ0) is 30.9. The molecule has 44 heavy (non-hydrogen) atoms. The van der Waals surface area contributed by atoms with Gasteiger partial charge in [0.2, 0.25) is 0 Å². The van der Waals surface area contributed by atoms with Gasteiger partial charge < -0.3 is 9.47 Å². The van der Waals surface area contributed by atoms with Crippen LogP contribution in [-0.2, 0) is 0 Å². The van der Waals surface area contributed by atoms with E-state index in [9.17, 15) is 4.79 Å². The van der Waals surface area contributed by atoms with Crippen molar-refractivity contribution in [3.05, 3.63) is 108 Å². The van der Waals surface area contributed by atoms with Crippen LogP contribution in [-0.4, -0.2) is 19.0 Å². The molecule has 0 N–H and O–H groups in total. The van der Waals surface area contributed by atoms with Crippen LogP contribution < -0.4 is 9.47 Å². The van der Waals surface area contributed by atoms with Gasteiger partial charge in [0, 0.05) is 5.56 Å². The zero-order valence-corrected chi connectivity index (χ0v) is 26.9. The zero-order valence-electron chi connectivity index (χ0n) is 26.9. The molecule has 0 bridgehead atoms. The molecule has 0 radical (unpaired) electrons. The van der Waals surface area contributed by atoms with Crippen LogP contribution in [0.1, 0.15) is 124 Å². The second-order valence-corrected chi connectivity index (χ2v) is 11.8. The number of carbonyl (C=O) groups is 1. The summed E-state index contributed by atoms with van der Waals surface area (Å²) >= 11 is 0. The van der Waals surface area contributed by atoms with Crippen LogP contribution in [0.4, 0.5) is 0 Å². The molecule has 3 rings (SSSR count). The maximum atomic E-state index is 12.2. The number of unbranched alkanes of at least 4 members (excludes halogenated alkanes) is 15. The Bertz CT molecular complexity index is 1180. The number of hydrogen-bond donors (Lipinski definition) is 0. The van der Waals surface area contributed by atoms with Gasteiger partial charge in [-0.15, -0.1) is 0 Å². The quantitative estimate of drug-likeness (QED) is 0.0556. The summed E-state index contributed by atoms with van der Waals surface area (Å²) in [4.78, 5) is 12.2. The number of allylic oxidation sites excluding steroid dienone is 1. The van der Waals surface area contributed by atoms with Crippen molar-refractivity contribution < 1.29 is 14.3 Å². The Morgan fingerprint density at radius 2 is 0.886 bits per heavy atom. The highest BCUT2D eigenvalue weighted by molar-refractivity contribution is 6.06. The van der Waals surface area contributed by atoms with Crippen LogP contribution in [0.3, 0.4) is 0 Å². The van der Waals surface area contributed by atoms with Crippen molar-refractivity contribution in [3.8, 4) is 11.5 Å². The van der Waals surface area contributed by atoms with Gasteiger partial charge >= 0.3 is 0 Å². The molecule has 0 saturated heterocycles. The van der Waals surface area contributed by atoms with E-state index in [-0.39, 0.29) is 5.78 Å². The van der Waals surface area contributed by atoms with Gasteiger partial charge in [-0.1, -0.05) is 163 Å². The SMILES string of the molecule is C=Cc1ccc(OCCCCCCCCCCCCCCCCCCOc2ccc(C=CC(=O)c3ccccc3)cc2)cc1. The van der Waals surface area contributed by atoms with Crippen molar-refractivity contribution in [1.29, 1.82) is 0 Å². The van der Waals surface area contributed by atoms with Crippen molar-refractivity contribution >= 4 is 17.9 Å². The minimum absolute atomic E-state index is 0.0178. The Balaban J connectivity index is 1.03. The third-order valence-electron chi connectivity index (χ3n) is 8.06. The van der Waals surface area contributed by atoms with E-state index in [0.717, 1.165) is 48.7 Å². The van der Waals surface area contributed by atoms with E-state index >= 15 is 0 Å². The number of ether oxygens (including phenoxy) is 2. The van der Waals surface area contributed by atoms with Gasteiger partial charge in [-0.05, 0) is 54.3 Å². The molecule has 3 heteroatoms. The van der Waals surface area contributed by atoms with E-state index in [1.54, 1.807) is 6.08 Å². The van der Waals surface area contributed by atoms with Gasteiger partial charge in [0.15, 0.2) is 5.78 Å². The Morgan fingerprint density at radius 1 is 0.500 bits per heavy atom. The molecule has 3 aromatic carbocycles. The van der Waals surface area contributed by atoms with Crippen LogP contribution >= 0.6 is 0 Å². The molecule has 0 aliphatic rings. The van der Waals surface area contributed by atoms with Crippen LogP contribution in [0.5, 0.6) is 11.5 Å². The van der Waals surface area contributed by atoms with E-state index in [2.05, 4.69) is 6.58 Å². The maximum absolute atomic E-state index is 12.2. The molecule has 0 aliphatic heterocycles. The fourth-order valence-corrected chi connectivity index (χ4v) is 5.30. The first-order chi connectivity index (χ1) is 21.7. The molecule has 3 aromatic rings. The van der Waals surface area contributed by atoms with Crippen molar-refractivity contribution in [2.75, 3.05) is 13.2 Å². The third-order valence-corrected chi connectivity index (χ3v) is 8.06. The molecule has 0 heterocycles. The predicted octanol–water partition coefficient (Wildman–Crippen LogP) is 11.9. The molecule has 0 atom stereocenters. The Labute approximate surface area is 267 Å².